The average Bonchev–Trinajstić information content (AvgIpc) is 2.46. The molecule has 0 saturated heterocycles. The van der Waals surface area contributed by atoms with Gasteiger partial charge in [0.2, 0.25) is 0 Å². The number of carbonyl (C=O) groups is 1. The highest BCUT2D eigenvalue weighted by Gasteiger charge is 2.13. The van der Waals surface area contributed by atoms with E-state index in [0.717, 1.165) is 15.4 Å². The van der Waals surface area contributed by atoms with E-state index < -0.39 is 0 Å². The molecule has 4 heteroatoms. The van der Waals surface area contributed by atoms with Crippen LogP contribution < -0.4 is 0 Å². The molecule has 0 spiro atoms. The zero-order chi connectivity index (χ0) is 13.2. The highest BCUT2D eigenvalue weighted by molar-refractivity contribution is 9.10. The van der Waals surface area contributed by atoms with Crippen molar-refractivity contribution in [3.8, 4) is 0 Å². The van der Waals surface area contributed by atoms with Crippen molar-refractivity contribution in [1.29, 1.82) is 0 Å². The minimum absolute atomic E-state index is 0.0712. The Kier molecular flexibility index (Phi) is 3.09. The highest BCUT2D eigenvalue weighted by Crippen LogP contribution is 2.20. The number of aromatic nitrogens is 2. The number of para-hydroxylation sites is 1. The Morgan fingerprint density at radius 3 is 2.79 bits per heavy atom. The number of benzene rings is 1. The smallest absolute Gasteiger partial charge is 0.196 e. The van der Waals surface area contributed by atoms with Gasteiger partial charge >= 0.3 is 0 Å². The molecule has 0 N–H and O–H groups in total. The first-order chi connectivity index (χ1) is 9.25. The summed E-state index contributed by atoms with van der Waals surface area (Å²) in [5.74, 6) is -0.0712. The third-order valence-electron chi connectivity index (χ3n) is 2.84. The molecule has 0 aliphatic heterocycles. The SMILES string of the molecule is O=C(c1cncc(Br)c1)c1cccc2cccnc12. The molecule has 1 aromatic carbocycles. The summed E-state index contributed by atoms with van der Waals surface area (Å²) >= 11 is 3.32. The molecule has 2 aromatic heterocycles. The van der Waals surface area contributed by atoms with E-state index in [9.17, 15) is 4.79 Å². The Bertz CT molecular complexity index is 765. The second kappa shape index (κ2) is 4.90. The van der Waals surface area contributed by atoms with Crippen LogP contribution in [0.5, 0.6) is 0 Å². The van der Waals surface area contributed by atoms with Crippen LogP contribution in [0.2, 0.25) is 0 Å². The summed E-state index contributed by atoms with van der Waals surface area (Å²) in [5.41, 5.74) is 1.86. The van der Waals surface area contributed by atoms with Crippen molar-refractivity contribution in [2.24, 2.45) is 0 Å². The molecule has 3 aromatic rings. The molecule has 3 nitrogen and oxygen atoms in total. The standard InChI is InChI=1S/C15H9BrN2O/c16-12-7-11(8-17-9-12)15(19)13-5-1-3-10-4-2-6-18-14(10)13/h1-9H. The Labute approximate surface area is 118 Å². The third kappa shape index (κ3) is 2.27. The molecule has 19 heavy (non-hydrogen) atoms. The van der Waals surface area contributed by atoms with Gasteiger partial charge in [-0.1, -0.05) is 18.2 Å². The lowest BCUT2D eigenvalue weighted by Gasteiger charge is -2.05. The molecular formula is C15H9BrN2O. The lowest BCUT2D eigenvalue weighted by Crippen LogP contribution is -2.03. The fraction of sp³-hybridized carbons (Fsp3) is 0. The van der Waals surface area contributed by atoms with Crippen molar-refractivity contribution < 1.29 is 4.79 Å². The van der Waals surface area contributed by atoms with Crippen LogP contribution >= 0.6 is 15.9 Å². The summed E-state index contributed by atoms with van der Waals surface area (Å²) in [4.78, 5) is 20.8. The maximum atomic E-state index is 12.5. The van der Waals surface area contributed by atoms with Gasteiger partial charge in [-0.05, 0) is 34.1 Å². The van der Waals surface area contributed by atoms with Crippen LogP contribution in [-0.4, -0.2) is 15.8 Å². The van der Waals surface area contributed by atoms with Gasteiger partial charge in [0.25, 0.3) is 0 Å². The molecule has 0 atom stereocenters. The lowest BCUT2D eigenvalue weighted by atomic mass is 10.0. The van der Waals surface area contributed by atoms with Crippen LogP contribution in [0.15, 0.2) is 59.5 Å². The Hall–Kier alpha value is -2.07. The molecule has 0 fully saturated rings. The van der Waals surface area contributed by atoms with Crippen molar-refractivity contribution in [2.45, 2.75) is 0 Å². The van der Waals surface area contributed by atoms with E-state index in [1.165, 1.54) is 0 Å². The zero-order valence-electron chi connectivity index (χ0n) is 9.88. The van der Waals surface area contributed by atoms with Crippen molar-refractivity contribution >= 4 is 32.6 Å². The van der Waals surface area contributed by atoms with Gasteiger partial charge in [-0.25, -0.2) is 0 Å². The van der Waals surface area contributed by atoms with E-state index in [-0.39, 0.29) is 5.78 Å². The predicted octanol–water partition coefficient (Wildman–Crippen LogP) is 3.62. The largest absolute Gasteiger partial charge is 0.288 e. The van der Waals surface area contributed by atoms with Gasteiger partial charge in [-0.2, -0.15) is 0 Å². The molecule has 0 unspecified atom stereocenters. The fourth-order valence-corrected chi connectivity index (χ4v) is 2.34. The third-order valence-corrected chi connectivity index (χ3v) is 3.28. The van der Waals surface area contributed by atoms with E-state index in [1.807, 2.05) is 24.3 Å². The summed E-state index contributed by atoms with van der Waals surface area (Å²) in [6.07, 6.45) is 4.91. The van der Waals surface area contributed by atoms with E-state index in [0.29, 0.717) is 11.1 Å². The Morgan fingerprint density at radius 2 is 1.95 bits per heavy atom. The van der Waals surface area contributed by atoms with Crippen LogP contribution in [0.25, 0.3) is 10.9 Å². The van der Waals surface area contributed by atoms with Crippen molar-refractivity contribution in [1.82, 2.24) is 9.97 Å². The number of ketones is 1. The van der Waals surface area contributed by atoms with Gasteiger partial charge < -0.3 is 0 Å². The van der Waals surface area contributed by atoms with E-state index >= 15 is 0 Å². The van der Waals surface area contributed by atoms with Crippen LogP contribution in [0.4, 0.5) is 0 Å². The Balaban J connectivity index is 2.17. The molecule has 2 heterocycles. The summed E-state index contributed by atoms with van der Waals surface area (Å²) < 4.78 is 0.784. The normalized spacial score (nSPS) is 10.6. The minimum Gasteiger partial charge on any atom is -0.288 e. The second-order valence-electron chi connectivity index (χ2n) is 4.10. The molecule has 0 amide bonds. The Morgan fingerprint density at radius 1 is 1.11 bits per heavy atom. The number of hydrogen-bond acceptors (Lipinski definition) is 3. The molecule has 0 saturated carbocycles. The van der Waals surface area contributed by atoms with Crippen molar-refractivity contribution in [3.63, 3.8) is 0 Å². The van der Waals surface area contributed by atoms with Gasteiger partial charge in [-0.3, -0.25) is 14.8 Å². The second-order valence-corrected chi connectivity index (χ2v) is 5.02. The molecule has 0 aliphatic rings. The fourth-order valence-electron chi connectivity index (χ4n) is 1.98. The van der Waals surface area contributed by atoms with Gasteiger partial charge in [0, 0.05) is 39.6 Å². The van der Waals surface area contributed by atoms with Crippen molar-refractivity contribution in [2.75, 3.05) is 0 Å². The van der Waals surface area contributed by atoms with Crippen molar-refractivity contribution in [3.05, 3.63) is 70.6 Å². The number of hydrogen-bond donors (Lipinski definition) is 0. The maximum Gasteiger partial charge on any atom is 0.196 e. The first-order valence-electron chi connectivity index (χ1n) is 5.75. The highest BCUT2D eigenvalue weighted by atomic mass is 79.9. The first-order valence-corrected chi connectivity index (χ1v) is 6.54. The number of halogens is 1. The van der Waals surface area contributed by atoms with E-state index in [4.69, 9.17) is 0 Å². The van der Waals surface area contributed by atoms with E-state index in [1.54, 1.807) is 30.7 Å². The first kappa shape index (κ1) is 12.0. The number of carbonyl (C=O) groups excluding carboxylic acids is 1. The zero-order valence-corrected chi connectivity index (χ0v) is 11.5. The quantitative estimate of drug-likeness (QED) is 0.679. The predicted molar refractivity (Wildman–Crippen MR) is 77.1 cm³/mol. The summed E-state index contributed by atoms with van der Waals surface area (Å²) in [6, 6.07) is 11.2. The monoisotopic (exact) mass is 312 g/mol. The van der Waals surface area contributed by atoms with Crippen LogP contribution in [0.1, 0.15) is 15.9 Å². The van der Waals surface area contributed by atoms with Crippen LogP contribution in [-0.2, 0) is 0 Å². The molecule has 92 valence electrons. The molecule has 0 radical (unpaired) electrons. The minimum atomic E-state index is -0.0712. The number of fused-ring (bicyclic) bond motifs is 1. The van der Waals surface area contributed by atoms with Gasteiger partial charge in [0.1, 0.15) is 0 Å². The number of rotatable bonds is 2. The summed E-state index contributed by atoms with van der Waals surface area (Å²) in [6.45, 7) is 0. The van der Waals surface area contributed by atoms with Gasteiger partial charge in [-0.15, -0.1) is 0 Å². The molecule has 0 bridgehead atoms. The van der Waals surface area contributed by atoms with Gasteiger partial charge in [0.05, 0.1) is 5.52 Å². The van der Waals surface area contributed by atoms with Gasteiger partial charge in [0.15, 0.2) is 5.78 Å². The topological polar surface area (TPSA) is 42.9 Å². The number of pyridine rings is 2. The molecular weight excluding hydrogens is 304 g/mol. The van der Waals surface area contributed by atoms with Crippen LogP contribution in [0, 0.1) is 0 Å². The molecule has 0 aliphatic carbocycles. The number of nitrogens with zero attached hydrogens (tertiary/aromatic N) is 2. The maximum absolute atomic E-state index is 12.5. The van der Waals surface area contributed by atoms with E-state index in [2.05, 4.69) is 25.9 Å². The summed E-state index contributed by atoms with van der Waals surface area (Å²) in [5, 5.41) is 0.955. The van der Waals surface area contributed by atoms with Crippen LogP contribution in [0.3, 0.4) is 0 Å². The lowest BCUT2D eigenvalue weighted by molar-refractivity contribution is 0.103. The summed E-state index contributed by atoms with van der Waals surface area (Å²) in [7, 11) is 0. The average molecular weight is 313 g/mol. The molecule has 3 rings (SSSR count).